The van der Waals surface area contributed by atoms with E-state index in [0.29, 0.717) is 6.42 Å². The molecule has 2 atom stereocenters. The number of unbranched alkanes of at least 4 members (excludes halogenated alkanes) is 10. The Bertz CT molecular complexity index is 1080. The van der Waals surface area contributed by atoms with Crippen molar-refractivity contribution in [1.82, 2.24) is 5.32 Å². The van der Waals surface area contributed by atoms with Crippen molar-refractivity contribution < 1.29 is 15.0 Å². The summed E-state index contributed by atoms with van der Waals surface area (Å²) in [5, 5.41) is 22.7. The van der Waals surface area contributed by atoms with E-state index in [2.05, 4.69) is 129 Å². The van der Waals surface area contributed by atoms with Crippen molar-refractivity contribution in [1.29, 1.82) is 0 Å². The van der Waals surface area contributed by atoms with Gasteiger partial charge in [-0.1, -0.05) is 180 Å². The highest BCUT2D eigenvalue weighted by atomic mass is 16.3. The van der Waals surface area contributed by atoms with Crippen LogP contribution >= 0.6 is 0 Å². The van der Waals surface area contributed by atoms with E-state index in [1.165, 1.54) is 38.5 Å². The quantitative estimate of drug-likeness (QED) is 0.0452. The molecule has 3 N–H and O–H groups in total. The number of carbonyl (C=O) groups is 1. The zero-order valence-electron chi connectivity index (χ0n) is 33.3. The molecular weight excluding hydrogens is 639 g/mol. The van der Waals surface area contributed by atoms with Crippen LogP contribution in [0.5, 0.6) is 0 Å². The molecule has 0 aromatic heterocycles. The van der Waals surface area contributed by atoms with Gasteiger partial charge in [-0.25, -0.2) is 0 Å². The van der Waals surface area contributed by atoms with E-state index in [9.17, 15) is 15.0 Å². The summed E-state index contributed by atoms with van der Waals surface area (Å²) in [6, 6.07) is -0.638. The van der Waals surface area contributed by atoms with Gasteiger partial charge in [-0.05, 0) is 89.9 Å². The van der Waals surface area contributed by atoms with Gasteiger partial charge in [0.05, 0.1) is 18.8 Å². The standard InChI is InChI=1S/C48H77NO3/c1-3-5-7-9-11-12-13-14-15-16-17-18-19-20-21-22-23-24-25-26-27-28-29-30-31-32-33-34-35-36-38-40-42-44-48(52)49-46(45-50)47(51)43-41-39-37-10-8-6-4-2/h5,7,11-12,14-15,17-18,20-21,23-24,26-27,29-30,32-33,41,43,46-47,50-51H,3-4,6,8-10,13,16,19,22,25,28,31,34-40,42,44-45H2,1-2H3,(H,49,52)/b7-5-,12-11-,15-14-,18-17-,21-20-,24-23-,27-26-,30-29-,33-32-,43-41+. The molecule has 1 amide bonds. The monoisotopic (exact) mass is 716 g/mol. The van der Waals surface area contributed by atoms with Gasteiger partial charge >= 0.3 is 0 Å². The van der Waals surface area contributed by atoms with Crippen LogP contribution in [0.2, 0.25) is 0 Å². The maximum Gasteiger partial charge on any atom is 0.220 e. The van der Waals surface area contributed by atoms with Crippen LogP contribution in [0.15, 0.2) is 122 Å². The highest BCUT2D eigenvalue weighted by Gasteiger charge is 2.17. The summed E-state index contributed by atoms with van der Waals surface area (Å²) in [5.74, 6) is -0.0950. The van der Waals surface area contributed by atoms with Crippen molar-refractivity contribution in [3.63, 3.8) is 0 Å². The number of allylic oxidation sites excluding steroid dienone is 19. The molecule has 52 heavy (non-hydrogen) atoms. The molecule has 0 spiro atoms. The van der Waals surface area contributed by atoms with E-state index in [1.54, 1.807) is 6.08 Å². The number of aliphatic hydroxyl groups excluding tert-OH is 2. The second-order valence-electron chi connectivity index (χ2n) is 13.3. The molecule has 292 valence electrons. The second kappa shape index (κ2) is 42.2. The van der Waals surface area contributed by atoms with E-state index >= 15 is 0 Å². The van der Waals surface area contributed by atoms with Gasteiger partial charge in [-0.3, -0.25) is 4.79 Å². The minimum absolute atomic E-state index is 0.0950. The van der Waals surface area contributed by atoms with Gasteiger partial charge in [0.1, 0.15) is 0 Å². The smallest absolute Gasteiger partial charge is 0.220 e. The molecule has 0 bridgehead atoms. The number of rotatable bonds is 35. The molecule has 0 aliphatic carbocycles. The molecule has 2 unspecified atom stereocenters. The first kappa shape index (κ1) is 48.8. The minimum Gasteiger partial charge on any atom is -0.394 e. The molecule has 0 heterocycles. The summed E-state index contributed by atoms with van der Waals surface area (Å²) >= 11 is 0. The second-order valence-corrected chi connectivity index (χ2v) is 13.3. The lowest BCUT2D eigenvalue weighted by molar-refractivity contribution is -0.123. The van der Waals surface area contributed by atoms with Crippen LogP contribution in [-0.4, -0.2) is 34.9 Å². The van der Waals surface area contributed by atoms with Crippen LogP contribution in [0.25, 0.3) is 0 Å². The number of hydrogen-bond donors (Lipinski definition) is 3. The van der Waals surface area contributed by atoms with Gasteiger partial charge in [-0.15, -0.1) is 0 Å². The van der Waals surface area contributed by atoms with Gasteiger partial charge in [0.25, 0.3) is 0 Å². The molecule has 0 radical (unpaired) electrons. The third-order valence-electron chi connectivity index (χ3n) is 8.45. The molecule has 0 aliphatic rings. The summed E-state index contributed by atoms with van der Waals surface area (Å²) < 4.78 is 0. The normalized spacial score (nSPS) is 14.3. The average Bonchev–Trinajstić information content (AvgIpc) is 3.15. The molecule has 0 rings (SSSR count). The molecule has 4 heteroatoms. The fraction of sp³-hybridized carbons (Fsp3) is 0.562. The van der Waals surface area contributed by atoms with E-state index in [4.69, 9.17) is 0 Å². The maximum atomic E-state index is 12.3. The zero-order chi connectivity index (χ0) is 37.8. The fourth-order valence-corrected chi connectivity index (χ4v) is 5.28. The number of carbonyl (C=O) groups excluding carboxylic acids is 1. The molecular formula is C48H77NO3. The lowest BCUT2D eigenvalue weighted by Gasteiger charge is -2.20. The van der Waals surface area contributed by atoms with E-state index in [-0.39, 0.29) is 12.5 Å². The average molecular weight is 716 g/mol. The van der Waals surface area contributed by atoms with Crippen LogP contribution in [0, 0.1) is 0 Å². The largest absolute Gasteiger partial charge is 0.394 e. The lowest BCUT2D eigenvalue weighted by atomic mass is 10.1. The highest BCUT2D eigenvalue weighted by Crippen LogP contribution is 2.09. The predicted octanol–water partition coefficient (Wildman–Crippen LogP) is 13.0. The van der Waals surface area contributed by atoms with Crippen LogP contribution in [0.4, 0.5) is 0 Å². The Morgan fingerprint density at radius 3 is 1.27 bits per heavy atom. The summed E-state index contributed by atoms with van der Waals surface area (Å²) in [6.45, 7) is 4.10. The third kappa shape index (κ3) is 38.0. The first-order valence-corrected chi connectivity index (χ1v) is 20.7. The number of nitrogens with one attached hydrogen (secondary N) is 1. The Labute approximate surface area is 320 Å². The van der Waals surface area contributed by atoms with Crippen LogP contribution in [-0.2, 0) is 4.79 Å². The SMILES string of the molecule is CC/C=C\C/C=C\C/C=C\C/C=C\C/C=C\C/C=C\C/C=C\C/C=C\C/C=C\CCCCCCCC(=O)NC(CO)C(O)/C=C/CCCCCCC. The van der Waals surface area contributed by atoms with Crippen LogP contribution in [0.1, 0.15) is 155 Å². The lowest BCUT2D eigenvalue weighted by Crippen LogP contribution is -2.45. The summed E-state index contributed by atoms with van der Waals surface area (Å²) in [6.07, 6.45) is 66.0. The molecule has 0 saturated carbocycles. The molecule has 4 nitrogen and oxygen atoms in total. The van der Waals surface area contributed by atoms with E-state index < -0.39 is 12.1 Å². The third-order valence-corrected chi connectivity index (χ3v) is 8.45. The molecule has 0 saturated heterocycles. The Kier molecular flexibility index (Phi) is 39.6. The van der Waals surface area contributed by atoms with Crippen LogP contribution in [0.3, 0.4) is 0 Å². The minimum atomic E-state index is -0.852. The Balaban J connectivity index is 3.70. The molecule has 0 aromatic carbocycles. The van der Waals surface area contributed by atoms with Gasteiger partial charge in [0.2, 0.25) is 5.91 Å². The molecule has 0 aromatic rings. The van der Waals surface area contributed by atoms with Gasteiger partial charge in [-0.2, -0.15) is 0 Å². The number of hydrogen-bond acceptors (Lipinski definition) is 3. The van der Waals surface area contributed by atoms with Crippen molar-refractivity contribution >= 4 is 5.91 Å². The van der Waals surface area contributed by atoms with Crippen molar-refractivity contribution in [3.8, 4) is 0 Å². The number of aliphatic hydroxyl groups is 2. The topological polar surface area (TPSA) is 69.6 Å². The van der Waals surface area contributed by atoms with Gasteiger partial charge in [0, 0.05) is 6.42 Å². The predicted molar refractivity (Wildman–Crippen MR) is 229 cm³/mol. The maximum absolute atomic E-state index is 12.3. The van der Waals surface area contributed by atoms with Crippen molar-refractivity contribution in [2.24, 2.45) is 0 Å². The summed E-state index contributed by atoms with van der Waals surface area (Å²) in [7, 11) is 0. The first-order valence-electron chi connectivity index (χ1n) is 20.7. The van der Waals surface area contributed by atoms with Crippen LogP contribution < -0.4 is 5.32 Å². The summed E-state index contributed by atoms with van der Waals surface area (Å²) in [4.78, 5) is 12.3. The highest BCUT2D eigenvalue weighted by molar-refractivity contribution is 5.76. The zero-order valence-corrected chi connectivity index (χ0v) is 33.3. The fourth-order valence-electron chi connectivity index (χ4n) is 5.28. The first-order chi connectivity index (χ1) is 25.7. The molecule has 0 fully saturated rings. The Morgan fingerprint density at radius 1 is 0.481 bits per heavy atom. The summed E-state index contributed by atoms with van der Waals surface area (Å²) in [5.41, 5.74) is 0. The Morgan fingerprint density at radius 2 is 0.846 bits per heavy atom. The van der Waals surface area contributed by atoms with Gasteiger partial charge < -0.3 is 15.5 Å². The number of amides is 1. The van der Waals surface area contributed by atoms with E-state index in [1.807, 2.05) is 6.08 Å². The van der Waals surface area contributed by atoms with Crippen molar-refractivity contribution in [2.75, 3.05) is 6.61 Å². The molecule has 0 aliphatic heterocycles. The van der Waals surface area contributed by atoms with Crippen molar-refractivity contribution in [2.45, 2.75) is 167 Å². The van der Waals surface area contributed by atoms with Crippen molar-refractivity contribution in [3.05, 3.63) is 122 Å². The Hall–Kier alpha value is -3.21. The van der Waals surface area contributed by atoms with E-state index in [0.717, 1.165) is 96.3 Å². The van der Waals surface area contributed by atoms with Gasteiger partial charge in [0.15, 0.2) is 0 Å².